The lowest BCUT2D eigenvalue weighted by molar-refractivity contribution is -0.147. The van der Waals surface area contributed by atoms with Gasteiger partial charge in [0.2, 0.25) is 5.91 Å². The predicted octanol–water partition coefficient (Wildman–Crippen LogP) is 2.74. The average Bonchev–Trinajstić information content (AvgIpc) is 2.30. The molecule has 1 aromatic carbocycles. The summed E-state index contributed by atoms with van der Waals surface area (Å²) in [7, 11) is 0. The fourth-order valence-electron chi connectivity index (χ4n) is 1.57. The van der Waals surface area contributed by atoms with Crippen molar-refractivity contribution in [2.45, 2.75) is 13.1 Å². The molecule has 0 aliphatic carbocycles. The van der Waals surface area contributed by atoms with Crippen LogP contribution in [0.25, 0.3) is 0 Å². The zero-order chi connectivity index (χ0) is 15.3. The largest absolute Gasteiger partial charge is 0.401 e. The normalized spacial score (nSPS) is 11.7. The minimum atomic E-state index is -4.34. The van der Waals surface area contributed by atoms with Crippen molar-refractivity contribution in [3.63, 3.8) is 0 Å². The van der Waals surface area contributed by atoms with Crippen LogP contribution in [0.1, 0.15) is 6.92 Å². The van der Waals surface area contributed by atoms with Gasteiger partial charge in [0.15, 0.2) is 0 Å². The van der Waals surface area contributed by atoms with Crippen molar-refractivity contribution in [1.29, 1.82) is 0 Å². The Morgan fingerprint density at radius 2 is 2.10 bits per heavy atom. The topological polar surface area (TPSA) is 58.4 Å². The van der Waals surface area contributed by atoms with E-state index >= 15 is 0 Å². The average molecular weight is 310 g/mol. The van der Waals surface area contributed by atoms with Gasteiger partial charge in [-0.2, -0.15) is 13.2 Å². The maximum Gasteiger partial charge on any atom is 0.401 e. The highest BCUT2D eigenvalue weighted by Crippen LogP contribution is 2.22. The summed E-state index contributed by atoms with van der Waals surface area (Å²) in [5.41, 5.74) is 6.22. The number of alkyl halides is 3. The maximum atomic E-state index is 12.3. The Balaban J connectivity index is 2.62. The molecule has 20 heavy (non-hydrogen) atoms. The molecule has 0 atom stereocenters. The Morgan fingerprint density at radius 3 is 2.60 bits per heavy atom. The summed E-state index contributed by atoms with van der Waals surface area (Å²) in [6.45, 7) is 0.170. The summed E-state index contributed by atoms with van der Waals surface area (Å²) in [5.74, 6) is -0.565. The van der Waals surface area contributed by atoms with Gasteiger partial charge in [0.05, 0.1) is 24.5 Å². The number of hydrogen-bond acceptors (Lipinski definition) is 3. The van der Waals surface area contributed by atoms with Crippen LogP contribution in [0.15, 0.2) is 18.2 Å². The SMILES string of the molecule is CCN(CC(=O)Nc1ccc(Cl)cc1N)CC(F)(F)F. The zero-order valence-corrected chi connectivity index (χ0v) is 11.6. The number of nitrogens with two attached hydrogens (primary N) is 1. The number of nitrogen functional groups attached to an aromatic ring is 1. The van der Waals surface area contributed by atoms with Crippen LogP contribution in [0.2, 0.25) is 5.02 Å². The van der Waals surface area contributed by atoms with Gasteiger partial charge in [-0.25, -0.2) is 0 Å². The van der Waals surface area contributed by atoms with Gasteiger partial charge in [0.1, 0.15) is 0 Å². The van der Waals surface area contributed by atoms with E-state index in [4.69, 9.17) is 17.3 Å². The molecule has 0 aliphatic heterocycles. The van der Waals surface area contributed by atoms with Crippen LogP contribution in [0.4, 0.5) is 24.5 Å². The number of anilines is 2. The highest BCUT2D eigenvalue weighted by Gasteiger charge is 2.30. The number of carbonyl (C=O) groups is 1. The number of nitrogens with zero attached hydrogens (tertiary/aromatic N) is 1. The van der Waals surface area contributed by atoms with E-state index in [1.54, 1.807) is 6.92 Å². The fraction of sp³-hybridized carbons (Fsp3) is 0.417. The Hall–Kier alpha value is -1.47. The van der Waals surface area contributed by atoms with Crippen LogP contribution < -0.4 is 11.1 Å². The molecule has 3 N–H and O–H groups in total. The standard InChI is InChI=1S/C12H15ClF3N3O/c1-2-19(7-12(14,15)16)6-11(20)18-10-4-3-8(13)5-9(10)17/h3-5H,2,6-7,17H2,1H3,(H,18,20). The minimum Gasteiger partial charge on any atom is -0.397 e. The molecule has 0 unspecified atom stereocenters. The zero-order valence-electron chi connectivity index (χ0n) is 10.8. The van der Waals surface area contributed by atoms with Crippen molar-refractivity contribution in [2.24, 2.45) is 0 Å². The second kappa shape index (κ2) is 6.81. The number of amides is 1. The summed E-state index contributed by atoms with van der Waals surface area (Å²) >= 11 is 5.71. The summed E-state index contributed by atoms with van der Waals surface area (Å²) < 4.78 is 36.8. The third-order valence-electron chi connectivity index (χ3n) is 2.51. The van der Waals surface area contributed by atoms with Crippen molar-refractivity contribution in [2.75, 3.05) is 30.7 Å². The van der Waals surface area contributed by atoms with Crippen molar-refractivity contribution < 1.29 is 18.0 Å². The van der Waals surface area contributed by atoms with E-state index in [1.165, 1.54) is 18.2 Å². The van der Waals surface area contributed by atoms with Gasteiger partial charge in [0.25, 0.3) is 0 Å². The number of hydrogen-bond donors (Lipinski definition) is 2. The molecule has 0 radical (unpaired) electrons. The van der Waals surface area contributed by atoms with Crippen LogP contribution in [-0.2, 0) is 4.79 Å². The van der Waals surface area contributed by atoms with Crippen LogP contribution in [0.3, 0.4) is 0 Å². The second-order valence-corrected chi connectivity index (χ2v) is 4.63. The van der Waals surface area contributed by atoms with E-state index in [2.05, 4.69) is 5.32 Å². The molecule has 1 aromatic rings. The number of likely N-dealkylation sites (N-methyl/N-ethyl adjacent to an activating group) is 1. The van der Waals surface area contributed by atoms with Gasteiger partial charge in [-0.05, 0) is 24.7 Å². The Kier molecular flexibility index (Phi) is 5.64. The highest BCUT2D eigenvalue weighted by atomic mass is 35.5. The first-order valence-corrected chi connectivity index (χ1v) is 6.23. The molecule has 0 fully saturated rings. The number of benzene rings is 1. The second-order valence-electron chi connectivity index (χ2n) is 4.20. The summed E-state index contributed by atoms with van der Waals surface area (Å²) in [6, 6.07) is 4.47. The van der Waals surface area contributed by atoms with Crippen LogP contribution in [0.5, 0.6) is 0 Å². The van der Waals surface area contributed by atoms with E-state index in [0.29, 0.717) is 10.7 Å². The number of nitrogens with one attached hydrogen (secondary N) is 1. The molecule has 1 amide bonds. The van der Waals surface area contributed by atoms with E-state index in [9.17, 15) is 18.0 Å². The molecule has 0 heterocycles. The first kappa shape index (κ1) is 16.6. The summed E-state index contributed by atoms with van der Waals surface area (Å²) in [5, 5.41) is 2.87. The predicted molar refractivity (Wildman–Crippen MR) is 72.7 cm³/mol. The van der Waals surface area contributed by atoms with Crippen LogP contribution in [-0.4, -0.2) is 36.6 Å². The van der Waals surface area contributed by atoms with Crippen molar-refractivity contribution >= 4 is 28.9 Å². The maximum absolute atomic E-state index is 12.3. The van der Waals surface area contributed by atoms with Crippen molar-refractivity contribution in [1.82, 2.24) is 4.90 Å². The first-order valence-electron chi connectivity index (χ1n) is 5.85. The monoisotopic (exact) mass is 309 g/mol. The molecule has 0 saturated heterocycles. The molecular weight excluding hydrogens is 295 g/mol. The molecule has 8 heteroatoms. The first-order chi connectivity index (χ1) is 9.21. The third-order valence-corrected chi connectivity index (χ3v) is 2.74. The molecule has 0 spiro atoms. The lowest BCUT2D eigenvalue weighted by atomic mass is 10.2. The quantitative estimate of drug-likeness (QED) is 0.822. The van der Waals surface area contributed by atoms with Crippen LogP contribution >= 0.6 is 11.6 Å². The molecule has 0 saturated carbocycles. The van der Waals surface area contributed by atoms with Crippen molar-refractivity contribution in [3.05, 3.63) is 23.2 Å². The van der Waals surface area contributed by atoms with E-state index < -0.39 is 18.6 Å². The van der Waals surface area contributed by atoms with Gasteiger partial charge in [-0.3, -0.25) is 9.69 Å². The van der Waals surface area contributed by atoms with E-state index in [1.807, 2.05) is 0 Å². The molecule has 4 nitrogen and oxygen atoms in total. The van der Waals surface area contributed by atoms with Crippen LogP contribution in [0, 0.1) is 0 Å². The summed E-state index contributed by atoms with van der Waals surface area (Å²) in [6.07, 6.45) is -4.34. The van der Waals surface area contributed by atoms with Gasteiger partial charge >= 0.3 is 6.18 Å². The molecule has 0 aliphatic rings. The number of halogens is 4. The molecule has 0 bridgehead atoms. The van der Waals surface area contributed by atoms with Gasteiger partial charge < -0.3 is 11.1 Å². The third kappa shape index (κ3) is 5.66. The fourth-order valence-corrected chi connectivity index (χ4v) is 1.75. The smallest absolute Gasteiger partial charge is 0.397 e. The Morgan fingerprint density at radius 1 is 1.45 bits per heavy atom. The summed E-state index contributed by atoms with van der Waals surface area (Å²) in [4.78, 5) is 12.7. The lowest BCUT2D eigenvalue weighted by Gasteiger charge is -2.21. The minimum absolute atomic E-state index is 0.114. The molecule has 112 valence electrons. The van der Waals surface area contributed by atoms with E-state index in [0.717, 1.165) is 4.90 Å². The van der Waals surface area contributed by atoms with Gasteiger partial charge in [-0.15, -0.1) is 0 Å². The Labute approximate surface area is 119 Å². The van der Waals surface area contributed by atoms with Crippen molar-refractivity contribution in [3.8, 4) is 0 Å². The number of carbonyl (C=O) groups excluding carboxylic acids is 1. The Bertz CT molecular complexity index is 480. The highest BCUT2D eigenvalue weighted by molar-refractivity contribution is 6.31. The molecular formula is C12H15ClF3N3O. The van der Waals surface area contributed by atoms with E-state index in [-0.39, 0.29) is 18.8 Å². The van der Waals surface area contributed by atoms with Gasteiger partial charge in [-0.1, -0.05) is 18.5 Å². The number of rotatable bonds is 5. The van der Waals surface area contributed by atoms with Gasteiger partial charge in [0, 0.05) is 5.02 Å². The molecule has 0 aromatic heterocycles. The molecule has 1 rings (SSSR count). The lowest BCUT2D eigenvalue weighted by Crippen LogP contribution is -2.39.